The second-order valence-corrected chi connectivity index (χ2v) is 23.9. The third kappa shape index (κ3) is 10.6. The number of hydrogen-bond donors (Lipinski definition) is 8. The van der Waals surface area contributed by atoms with Crippen LogP contribution in [0.1, 0.15) is 125 Å². The fraction of sp³-hybridized carbons (Fsp3) is 0.846. The minimum Gasteiger partial charge on any atom is -0.547 e. The van der Waals surface area contributed by atoms with Gasteiger partial charge in [-0.1, -0.05) is 34.6 Å². The van der Waals surface area contributed by atoms with Crippen molar-refractivity contribution in [3.05, 3.63) is 24.9 Å². The second-order valence-electron chi connectivity index (χ2n) is 23.9. The van der Waals surface area contributed by atoms with Crippen LogP contribution in [-0.4, -0.2) is 175 Å². The number of aromatic amines is 1. The average Bonchev–Trinajstić information content (AvgIpc) is 3.86. The minimum absolute atomic E-state index is 0. The predicted octanol–water partition coefficient (Wildman–Crippen LogP) is 0.347. The van der Waals surface area contributed by atoms with Crippen LogP contribution in [0, 0.1) is 47.3 Å². The third-order valence-corrected chi connectivity index (χ3v) is 18.1. The molecule has 22 atom stereocenters. The Bertz CT molecular complexity index is 2140. The highest BCUT2D eigenvalue weighted by Gasteiger charge is 2.65. The standard InChI is InChI=1S/C51H79N3O18.CH3/c1-22(2)66-41-36(61)38(63)47(70-40-33(53-23(3)56)46(67-31(21-55)34(40)59)71-42-35(60)37(62)44(48(4,5)6)68-43(42)45(64)65)69-39(41)30(57)12-13-32(58)72-51(9)17-15-28-26-11-10-25-18-29-24(20-52-54-29)19-49(25,7)27(26)14-16-50(28,51)8;/h20,22,25-28,31,33-44,46-47,55,59-63H,10-19,21H2,1-9H3,(H,52,54)(H,53,56)(H,64,65);1H3/q;+1/p-1/t25?,26?,27?,28?,31?,33?,34?,35?,36?,37?,38?,39?,40?,41?,42?,43?,44?,46?,47?,49-,50-,51-;/m0./s1. The molecule has 1 aromatic rings. The number of aliphatic hydroxyl groups excluding tert-OH is 6. The number of carbonyl (C=O) groups is 4. The first kappa shape index (κ1) is 57.4. The molecule has 0 spiro atoms. The summed E-state index contributed by atoms with van der Waals surface area (Å²) >= 11 is 0. The number of H-pyrrole nitrogens is 1. The molecule has 0 aromatic carbocycles. The summed E-state index contributed by atoms with van der Waals surface area (Å²) < 4.78 is 42.1. The van der Waals surface area contributed by atoms with Gasteiger partial charge in [-0.05, 0) is 112 Å². The molecular formula is C52H81N3O18. The SMILES string of the molecule is CC(=O)NC1C(OC2C(C(=O)[O-])OC(C(C)(C)C)C(O)C2O)OC(CO)C(O)C1OC1OC(C(=O)CCC(=O)O[C@@]2(C)CCC3C4CCC5Cc6[nH]ncc6C[C@]5(C)C4CC[C@@]32C)C(OC(C)C)C(O)C1O.[CH3+]. The van der Waals surface area contributed by atoms with Crippen LogP contribution in [0.2, 0.25) is 0 Å². The van der Waals surface area contributed by atoms with E-state index in [9.17, 15) is 54.9 Å². The second kappa shape index (κ2) is 21.6. The van der Waals surface area contributed by atoms with Crippen molar-refractivity contribution in [2.24, 2.45) is 39.9 Å². The maximum absolute atomic E-state index is 14.3. The molecule has 412 valence electrons. The fourth-order valence-corrected chi connectivity index (χ4v) is 14.2. The molecule has 0 radical (unpaired) electrons. The maximum Gasteiger partial charge on any atom is 0.306 e. The van der Waals surface area contributed by atoms with Gasteiger partial charge in [-0.25, -0.2) is 0 Å². The van der Waals surface area contributed by atoms with Crippen molar-refractivity contribution in [2.45, 2.75) is 230 Å². The van der Waals surface area contributed by atoms with Crippen molar-refractivity contribution in [1.29, 1.82) is 0 Å². The predicted molar refractivity (Wildman–Crippen MR) is 254 cm³/mol. The topological polar surface area (TPSA) is 318 Å². The molecule has 1 aromatic heterocycles. The van der Waals surface area contributed by atoms with E-state index >= 15 is 0 Å². The van der Waals surface area contributed by atoms with E-state index in [0.717, 1.165) is 51.9 Å². The van der Waals surface area contributed by atoms with Crippen molar-refractivity contribution in [3.63, 3.8) is 0 Å². The van der Waals surface area contributed by atoms with Crippen molar-refractivity contribution in [2.75, 3.05) is 6.61 Å². The summed E-state index contributed by atoms with van der Waals surface area (Å²) in [6.45, 7) is 15.2. The van der Waals surface area contributed by atoms with Gasteiger partial charge in [0, 0.05) is 31.9 Å². The molecular weight excluding hydrogens is 955 g/mol. The molecule has 6 fully saturated rings. The first-order valence-electron chi connectivity index (χ1n) is 25.9. The van der Waals surface area contributed by atoms with E-state index in [-0.39, 0.29) is 24.7 Å². The maximum atomic E-state index is 14.3. The van der Waals surface area contributed by atoms with E-state index in [1.807, 2.05) is 13.1 Å². The molecule has 21 heteroatoms. The Balaban J connectivity index is 0.00000780. The van der Waals surface area contributed by atoms with Gasteiger partial charge >= 0.3 is 5.97 Å². The number of carboxylic acids is 1. The summed E-state index contributed by atoms with van der Waals surface area (Å²) in [6.07, 6.45) is -16.1. The van der Waals surface area contributed by atoms with Gasteiger partial charge in [0.25, 0.3) is 0 Å². The first-order chi connectivity index (χ1) is 33.7. The highest BCUT2D eigenvalue weighted by Crippen LogP contribution is 2.68. The van der Waals surface area contributed by atoms with Gasteiger partial charge in [0.05, 0.1) is 37.4 Å². The number of aromatic nitrogens is 2. The molecule has 7 aliphatic rings. The number of esters is 1. The average molecular weight is 1040 g/mol. The fourth-order valence-electron chi connectivity index (χ4n) is 14.2. The van der Waals surface area contributed by atoms with E-state index in [1.54, 1.807) is 34.6 Å². The van der Waals surface area contributed by atoms with Gasteiger partial charge in [-0.2, -0.15) is 5.10 Å². The highest BCUT2D eigenvalue weighted by atomic mass is 16.7. The molecule has 0 bridgehead atoms. The van der Waals surface area contributed by atoms with Crippen molar-refractivity contribution >= 4 is 23.6 Å². The summed E-state index contributed by atoms with van der Waals surface area (Å²) in [6, 6.07) is -1.64. The first-order valence-corrected chi connectivity index (χ1v) is 25.9. The summed E-state index contributed by atoms with van der Waals surface area (Å²) in [5.74, 6) is -1.82. The number of carbonyl (C=O) groups excluding carboxylic acids is 4. The largest absolute Gasteiger partial charge is 0.547 e. The lowest BCUT2D eigenvalue weighted by Gasteiger charge is -2.61. The van der Waals surface area contributed by atoms with Crippen molar-refractivity contribution in [1.82, 2.24) is 15.5 Å². The van der Waals surface area contributed by atoms with Gasteiger partial charge in [0.2, 0.25) is 5.91 Å². The Morgan fingerprint density at radius 2 is 1.52 bits per heavy atom. The minimum atomic E-state index is -1.99. The van der Waals surface area contributed by atoms with Crippen molar-refractivity contribution in [3.8, 4) is 0 Å². The van der Waals surface area contributed by atoms with Gasteiger partial charge in [0.15, 0.2) is 18.4 Å². The molecule has 4 heterocycles. The van der Waals surface area contributed by atoms with E-state index in [0.29, 0.717) is 30.1 Å². The van der Waals surface area contributed by atoms with Gasteiger partial charge in [-0.3, -0.25) is 19.5 Å². The number of ether oxygens (including phenoxy) is 7. The Labute approximate surface area is 427 Å². The number of amides is 1. The van der Waals surface area contributed by atoms with Gasteiger partial charge < -0.3 is 79.0 Å². The van der Waals surface area contributed by atoms with Gasteiger partial charge in [-0.15, -0.1) is 0 Å². The van der Waals surface area contributed by atoms with Crippen LogP contribution in [0.5, 0.6) is 0 Å². The molecule has 4 aliphatic carbocycles. The van der Waals surface area contributed by atoms with Gasteiger partial charge in [0.1, 0.15) is 78.8 Å². The lowest BCUT2D eigenvalue weighted by Crippen LogP contribution is -2.71. The number of nitrogens with one attached hydrogen (secondary N) is 2. The number of rotatable bonds is 14. The van der Waals surface area contributed by atoms with E-state index in [2.05, 4.69) is 29.4 Å². The Morgan fingerprint density at radius 1 is 0.849 bits per heavy atom. The van der Waals surface area contributed by atoms with Crippen LogP contribution in [0.3, 0.4) is 0 Å². The number of fused-ring (bicyclic) bond motifs is 6. The third-order valence-electron chi connectivity index (χ3n) is 18.1. The lowest BCUT2D eigenvalue weighted by atomic mass is 9.44. The molecule has 3 saturated heterocycles. The summed E-state index contributed by atoms with van der Waals surface area (Å²) in [4.78, 5) is 53.3. The summed E-state index contributed by atoms with van der Waals surface area (Å²) in [5.41, 5.74) is 0.833. The molecule has 21 nitrogen and oxygen atoms in total. The number of ketones is 1. The number of hydrogen-bond acceptors (Lipinski definition) is 19. The van der Waals surface area contributed by atoms with Crippen LogP contribution in [0.25, 0.3) is 0 Å². The zero-order valence-corrected chi connectivity index (χ0v) is 43.9. The Hall–Kier alpha value is -3.32. The number of aliphatic carboxylic acids is 1. The molecule has 8 rings (SSSR count). The smallest absolute Gasteiger partial charge is 0.306 e. The van der Waals surface area contributed by atoms with Crippen LogP contribution in [-0.2, 0) is 65.2 Å². The lowest BCUT2D eigenvalue weighted by molar-refractivity contribution is -0.366. The number of nitrogens with zero attached hydrogens (tertiary/aromatic N) is 1. The number of aliphatic hydroxyl groups is 6. The molecule has 1 amide bonds. The Kier molecular flexibility index (Phi) is 17.0. The van der Waals surface area contributed by atoms with Crippen LogP contribution in [0.4, 0.5) is 0 Å². The molecule has 3 aliphatic heterocycles. The van der Waals surface area contributed by atoms with E-state index in [4.69, 9.17) is 33.2 Å². The number of Topliss-reactive ketones (excluding diaryl/α,β-unsaturated/α-hetero) is 1. The van der Waals surface area contributed by atoms with Crippen LogP contribution < -0.4 is 10.4 Å². The quantitative estimate of drug-likeness (QED) is 0.0921. The van der Waals surface area contributed by atoms with Crippen molar-refractivity contribution < 1.29 is 88.1 Å². The van der Waals surface area contributed by atoms with E-state index < -0.39 is 146 Å². The number of carboxylic acid groups (broad SMARTS) is 1. The molecule has 19 unspecified atom stereocenters. The van der Waals surface area contributed by atoms with Crippen LogP contribution in [0.15, 0.2) is 6.20 Å². The highest BCUT2D eigenvalue weighted by molar-refractivity contribution is 5.87. The zero-order valence-electron chi connectivity index (χ0n) is 43.9. The zero-order chi connectivity index (χ0) is 52.6. The summed E-state index contributed by atoms with van der Waals surface area (Å²) in [5, 5.41) is 89.8. The van der Waals surface area contributed by atoms with Crippen LogP contribution >= 0.6 is 0 Å². The normalized spacial score (nSPS) is 44.4. The molecule has 8 N–H and O–H groups in total. The monoisotopic (exact) mass is 1040 g/mol. The molecule has 3 saturated carbocycles. The molecule has 73 heavy (non-hydrogen) atoms. The van der Waals surface area contributed by atoms with E-state index in [1.165, 1.54) is 11.3 Å². The Morgan fingerprint density at radius 3 is 2.16 bits per heavy atom. The summed E-state index contributed by atoms with van der Waals surface area (Å²) in [7, 11) is 0.